The van der Waals surface area contributed by atoms with Crippen LogP contribution in [-0.2, 0) is 14.8 Å². The van der Waals surface area contributed by atoms with Crippen molar-refractivity contribution in [2.24, 2.45) is 0 Å². The third-order valence-corrected chi connectivity index (χ3v) is 8.56. The summed E-state index contributed by atoms with van der Waals surface area (Å²) in [4.78, 5) is 17.8. The molecule has 0 spiro atoms. The SMILES string of the molecule is O=C(OC1CCCCC1)N1CC(S(=O)(=O)N2CCC(c3ccncc3)CC2)C1. The smallest absolute Gasteiger partial charge is 0.410 e. The molecule has 1 amide bonds. The maximum Gasteiger partial charge on any atom is 0.410 e. The molecule has 0 bridgehead atoms. The van der Waals surface area contributed by atoms with Crippen molar-refractivity contribution in [2.75, 3.05) is 26.2 Å². The Labute approximate surface area is 167 Å². The van der Waals surface area contributed by atoms with Crippen molar-refractivity contribution >= 4 is 16.1 Å². The first-order valence-corrected chi connectivity index (χ1v) is 11.9. The van der Waals surface area contributed by atoms with E-state index in [-0.39, 0.29) is 25.3 Å². The van der Waals surface area contributed by atoms with Crippen LogP contribution in [0.15, 0.2) is 24.5 Å². The van der Waals surface area contributed by atoms with Crippen LogP contribution in [0.5, 0.6) is 0 Å². The lowest BCUT2D eigenvalue weighted by Gasteiger charge is -2.42. The third kappa shape index (κ3) is 4.17. The number of carbonyl (C=O) groups excluding carboxylic acids is 1. The first-order chi connectivity index (χ1) is 13.5. The van der Waals surface area contributed by atoms with Gasteiger partial charge in [-0.2, -0.15) is 0 Å². The van der Waals surface area contributed by atoms with Gasteiger partial charge in [0.25, 0.3) is 0 Å². The number of ether oxygens (including phenoxy) is 1. The molecule has 4 rings (SSSR count). The fourth-order valence-corrected chi connectivity index (χ4v) is 6.34. The van der Waals surface area contributed by atoms with Crippen LogP contribution < -0.4 is 0 Å². The molecule has 2 aliphatic heterocycles. The fraction of sp³-hybridized carbons (Fsp3) is 0.700. The van der Waals surface area contributed by atoms with E-state index in [2.05, 4.69) is 4.98 Å². The highest BCUT2D eigenvalue weighted by molar-refractivity contribution is 7.89. The average molecular weight is 408 g/mol. The second-order valence-corrected chi connectivity index (χ2v) is 10.4. The van der Waals surface area contributed by atoms with Crippen LogP contribution >= 0.6 is 0 Å². The predicted octanol–water partition coefficient (Wildman–Crippen LogP) is 2.74. The molecule has 1 aromatic heterocycles. The Kier molecular flexibility index (Phi) is 5.87. The number of rotatable bonds is 4. The largest absolute Gasteiger partial charge is 0.446 e. The van der Waals surface area contributed by atoms with E-state index in [1.807, 2.05) is 12.1 Å². The van der Waals surface area contributed by atoms with Gasteiger partial charge in [-0.25, -0.2) is 17.5 Å². The van der Waals surface area contributed by atoms with Crippen molar-refractivity contribution in [1.29, 1.82) is 0 Å². The zero-order chi connectivity index (χ0) is 19.6. The normalized spacial score (nSPS) is 23.4. The number of likely N-dealkylation sites (tertiary alicyclic amines) is 1. The number of hydrogen-bond acceptors (Lipinski definition) is 5. The molecule has 0 atom stereocenters. The Morgan fingerprint density at radius 3 is 2.29 bits per heavy atom. The summed E-state index contributed by atoms with van der Waals surface area (Å²) in [6.45, 7) is 1.58. The molecular weight excluding hydrogens is 378 g/mol. The highest BCUT2D eigenvalue weighted by Gasteiger charge is 2.44. The first kappa shape index (κ1) is 19.6. The van der Waals surface area contributed by atoms with Gasteiger partial charge in [-0.1, -0.05) is 6.42 Å². The molecule has 3 fully saturated rings. The molecule has 0 aromatic carbocycles. The number of pyridine rings is 1. The first-order valence-electron chi connectivity index (χ1n) is 10.4. The average Bonchev–Trinajstić information content (AvgIpc) is 2.68. The Hall–Kier alpha value is -1.67. The van der Waals surface area contributed by atoms with Crippen molar-refractivity contribution in [2.45, 2.75) is 62.2 Å². The molecule has 28 heavy (non-hydrogen) atoms. The van der Waals surface area contributed by atoms with Gasteiger partial charge in [-0.3, -0.25) is 4.98 Å². The Morgan fingerprint density at radius 1 is 1.00 bits per heavy atom. The summed E-state index contributed by atoms with van der Waals surface area (Å²) in [5, 5.41) is -0.496. The lowest BCUT2D eigenvalue weighted by molar-refractivity contribution is 0.0328. The quantitative estimate of drug-likeness (QED) is 0.767. The molecule has 1 saturated carbocycles. The number of amides is 1. The summed E-state index contributed by atoms with van der Waals surface area (Å²) in [6.07, 6.45) is 10.1. The molecule has 154 valence electrons. The fourth-order valence-electron chi connectivity index (χ4n) is 4.47. The zero-order valence-electron chi connectivity index (χ0n) is 16.2. The number of piperidine rings is 1. The summed E-state index contributed by atoms with van der Waals surface area (Å²) < 4.78 is 33.0. The summed E-state index contributed by atoms with van der Waals surface area (Å²) in [5.74, 6) is 0.387. The molecule has 0 radical (unpaired) electrons. The van der Waals surface area contributed by atoms with Crippen LogP contribution in [0.1, 0.15) is 56.4 Å². The third-order valence-electron chi connectivity index (χ3n) is 6.34. The minimum Gasteiger partial charge on any atom is -0.446 e. The molecule has 1 aliphatic carbocycles. The Balaban J connectivity index is 1.25. The van der Waals surface area contributed by atoms with Crippen molar-refractivity contribution in [3.05, 3.63) is 30.1 Å². The maximum atomic E-state index is 12.9. The van der Waals surface area contributed by atoms with Gasteiger partial charge in [-0.05, 0) is 62.1 Å². The number of aromatic nitrogens is 1. The molecular formula is C20H29N3O4S. The molecule has 0 N–H and O–H groups in total. The van der Waals surface area contributed by atoms with Gasteiger partial charge >= 0.3 is 6.09 Å². The van der Waals surface area contributed by atoms with E-state index in [0.29, 0.717) is 19.0 Å². The molecule has 0 unspecified atom stereocenters. The summed E-state index contributed by atoms with van der Waals surface area (Å²) in [5.41, 5.74) is 1.23. The zero-order valence-corrected chi connectivity index (χ0v) is 17.0. The summed E-state index contributed by atoms with van der Waals surface area (Å²) in [7, 11) is -3.36. The van der Waals surface area contributed by atoms with Gasteiger partial charge in [0, 0.05) is 38.6 Å². The van der Waals surface area contributed by atoms with Gasteiger partial charge in [0.2, 0.25) is 10.0 Å². The molecule has 1 aromatic rings. The van der Waals surface area contributed by atoms with Gasteiger partial charge in [0.1, 0.15) is 11.4 Å². The molecule has 3 aliphatic rings. The van der Waals surface area contributed by atoms with Crippen molar-refractivity contribution in [1.82, 2.24) is 14.2 Å². The van der Waals surface area contributed by atoms with Gasteiger partial charge < -0.3 is 9.64 Å². The molecule has 2 saturated heterocycles. The van der Waals surface area contributed by atoms with Gasteiger partial charge in [0.15, 0.2) is 0 Å². The van der Waals surface area contributed by atoms with Crippen LogP contribution in [0.4, 0.5) is 4.79 Å². The number of sulfonamides is 1. The second kappa shape index (κ2) is 8.37. The van der Waals surface area contributed by atoms with Crippen LogP contribution in [0, 0.1) is 0 Å². The lowest BCUT2D eigenvalue weighted by Crippen LogP contribution is -2.60. The summed E-state index contributed by atoms with van der Waals surface area (Å²) in [6, 6.07) is 4.02. The second-order valence-electron chi connectivity index (χ2n) is 8.17. The predicted molar refractivity (Wildman–Crippen MR) is 105 cm³/mol. The van der Waals surface area contributed by atoms with E-state index in [4.69, 9.17) is 4.74 Å². The van der Waals surface area contributed by atoms with Crippen LogP contribution in [0.2, 0.25) is 0 Å². The number of nitrogens with zero attached hydrogens (tertiary/aromatic N) is 3. The van der Waals surface area contributed by atoms with E-state index in [9.17, 15) is 13.2 Å². The minimum atomic E-state index is -3.36. The maximum absolute atomic E-state index is 12.9. The standard InChI is InChI=1S/C20H29N3O4S/c24-20(27-18-4-2-1-3-5-18)22-14-19(15-22)28(25,26)23-12-8-17(9-13-23)16-6-10-21-11-7-16/h6-7,10-11,17-19H,1-5,8-9,12-15H2. The number of hydrogen-bond donors (Lipinski definition) is 0. The van der Waals surface area contributed by atoms with E-state index < -0.39 is 15.3 Å². The van der Waals surface area contributed by atoms with Crippen LogP contribution in [-0.4, -0.2) is 66.2 Å². The Morgan fingerprint density at radius 2 is 1.64 bits per heavy atom. The van der Waals surface area contributed by atoms with Crippen molar-refractivity contribution in [3.63, 3.8) is 0 Å². The van der Waals surface area contributed by atoms with E-state index in [1.54, 1.807) is 16.7 Å². The van der Waals surface area contributed by atoms with Crippen molar-refractivity contribution in [3.8, 4) is 0 Å². The lowest BCUT2D eigenvalue weighted by atomic mass is 9.91. The van der Waals surface area contributed by atoms with E-state index >= 15 is 0 Å². The molecule has 7 nitrogen and oxygen atoms in total. The van der Waals surface area contributed by atoms with Gasteiger partial charge in [0.05, 0.1) is 0 Å². The topological polar surface area (TPSA) is 79.8 Å². The summed E-state index contributed by atoms with van der Waals surface area (Å²) >= 11 is 0. The van der Waals surface area contributed by atoms with E-state index in [1.165, 1.54) is 16.9 Å². The highest BCUT2D eigenvalue weighted by Crippen LogP contribution is 2.31. The highest BCUT2D eigenvalue weighted by atomic mass is 32.2. The van der Waals surface area contributed by atoms with Crippen LogP contribution in [0.25, 0.3) is 0 Å². The van der Waals surface area contributed by atoms with Gasteiger partial charge in [-0.15, -0.1) is 0 Å². The van der Waals surface area contributed by atoms with Crippen LogP contribution in [0.3, 0.4) is 0 Å². The number of carbonyl (C=O) groups is 1. The monoisotopic (exact) mass is 407 g/mol. The minimum absolute atomic E-state index is 0.00382. The molecule has 8 heteroatoms. The van der Waals surface area contributed by atoms with E-state index in [0.717, 1.165) is 38.5 Å². The Bertz CT molecular complexity index is 766. The van der Waals surface area contributed by atoms with Crippen molar-refractivity contribution < 1.29 is 17.9 Å². The molecule has 3 heterocycles.